The van der Waals surface area contributed by atoms with E-state index in [9.17, 15) is 19.1 Å². The number of methoxy groups -OCH3 is 2. The molecule has 1 fully saturated rings. The quantitative estimate of drug-likeness (QED) is 0.842. The van der Waals surface area contributed by atoms with Crippen LogP contribution in [0.3, 0.4) is 0 Å². The van der Waals surface area contributed by atoms with Crippen molar-refractivity contribution in [2.75, 3.05) is 27.3 Å². The van der Waals surface area contributed by atoms with Crippen molar-refractivity contribution < 1.29 is 28.6 Å². The van der Waals surface area contributed by atoms with E-state index in [0.717, 1.165) is 0 Å². The second kappa shape index (κ2) is 7.87. The molecule has 3 rings (SSSR count). The normalized spacial score (nSPS) is 14.8. The van der Waals surface area contributed by atoms with Gasteiger partial charge >= 0.3 is 5.97 Å². The van der Waals surface area contributed by atoms with Gasteiger partial charge in [0.05, 0.1) is 32.2 Å². The molecule has 1 aliphatic rings. The van der Waals surface area contributed by atoms with Crippen molar-refractivity contribution in [2.45, 2.75) is 25.8 Å². The third-order valence-corrected chi connectivity index (χ3v) is 5.08. The summed E-state index contributed by atoms with van der Waals surface area (Å²) < 4.78 is 26.4. The minimum atomic E-state index is -1.02. The number of aromatic carboxylic acids is 1. The maximum atomic E-state index is 14.4. The Morgan fingerprint density at radius 1 is 1.21 bits per heavy atom. The lowest BCUT2D eigenvalue weighted by atomic mass is 10.0. The predicted octanol–water partition coefficient (Wildman–Crippen LogP) is 2.52. The Kier molecular flexibility index (Phi) is 5.53. The van der Waals surface area contributed by atoms with Crippen molar-refractivity contribution >= 4 is 11.9 Å². The molecule has 1 aromatic heterocycles. The van der Waals surface area contributed by atoms with Crippen molar-refractivity contribution in [1.29, 1.82) is 0 Å². The topological polar surface area (TPSA) is 93.9 Å². The molecule has 8 nitrogen and oxygen atoms in total. The number of hydrogen-bond acceptors (Lipinski definition) is 5. The molecule has 150 valence electrons. The number of benzene rings is 1. The molecule has 1 aromatic carbocycles. The minimum Gasteiger partial charge on any atom is -0.493 e. The highest BCUT2D eigenvalue weighted by molar-refractivity contribution is 5.98. The summed E-state index contributed by atoms with van der Waals surface area (Å²) in [5.41, 5.74) is 0.600. The molecule has 0 aliphatic carbocycles. The van der Waals surface area contributed by atoms with Crippen molar-refractivity contribution in [3.8, 4) is 11.5 Å². The molecule has 2 heterocycles. The summed E-state index contributed by atoms with van der Waals surface area (Å²) in [6.45, 7) is 2.50. The van der Waals surface area contributed by atoms with Gasteiger partial charge in [0.2, 0.25) is 0 Å². The number of carboxylic acid groups (broad SMARTS) is 1. The second-order valence-corrected chi connectivity index (χ2v) is 6.57. The zero-order valence-electron chi connectivity index (χ0n) is 15.9. The highest BCUT2D eigenvalue weighted by Crippen LogP contribution is 2.35. The van der Waals surface area contributed by atoms with Gasteiger partial charge in [-0.25, -0.2) is 9.18 Å². The van der Waals surface area contributed by atoms with Gasteiger partial charge in [-0.05, 0) is 31.9 Å². The fourth-order valence-corrected chi connectivity index (χ4v) is 3.58. The number of piperidine rings is 1. The number of carbonyl (C=O) groups is 2. The first-order valence-electron chi connectivity index (χ1n) is 8.86. The monoisotopic (exact) mass is 391 g/mol. The Hall–Kier alpha value is -3.10. The van der Waals surface area contributed by atoms with Crippen LogP contribution < -0.4 is 9.47 Å². The molecule has 9 heteroatoms. The molecular formula is C19H22FN3O5. The van der Waals surface area contributed by atoms with Crippen LogP contribution in [-0.2, 0) is 0 Å². The summed E-state index contributed by atoms with van der Waals surface area (Å²) in [7, 11) is 2.79. The van der Waals surface area contributed by atoms with Crippen LogP contribution in [0.4, 0.5) is 4.39 Å². The highest BCUT2D eigenvalue weighted by Gasteiger charge is 2.31. The number of amides is 1. The molecule has 1 amide bonds. The SMILES string of the molecule is COc1ccc(F)c(C(=O)N2CCC(n3ncc(C(=O)O)c3C)CC2)c1OC. The second-order valence-electron chi connectivity index (χ2n) is 6.57. The average Bonchev–Trinajstić information content (AvgIpc) is 3.08. The maximum absolute atomic E-state index is 14.4. The maximum Gasteiger partial charge on any atom is 0.339 e. The van der Waals surface area contributed by atoms with Gasteiger partial charge in [-0.2, -0.15) is 5.10 Å². The highest BCUT2D eigenvalue weighted by atomic mass is 19.1. The minimum absolute atomic E-state index is 0.0193. The number of rotatable bonds is 5. The van der Waals surface area contributed by atoms with E-state index in [1.807, 2.05) is 0 Å². The van der Waals surface area contributed by atoms with E-state index in [0.29, 0.717) is 31.6 Å². The van der Waals surface area contributed by atoms with Gasteiger partial charge in [0.1, 0.15) is 16.9 Å². The van der Waals surface area contributed by atoms with Crippen molar-refractivity contribution in [3.63, 3.8) is 0 Å². The predicted molar refractivity (Wildman–Crippen MR) is 97.6 cm³/mol. The van der Waals surface area contributed by atoms with E-state index < -0.39 is 17.7 Å². The van der Waals surface area contributed by atoms with E-state index in [-0.39, 0.29) is 28.7 Å². The average molecular weight is 391 g/mol. The lowest BCUT2D eigenvalue weighted by molar-refractivity contribution is 0.0679. The zero-order valence-corrected chi connectivity index (χ0v) is 15.9. The molecule has 1 aliphatic heterocycles. The van der Waals surface area contributed by atoms with E-state index in [2.05, 4.69) is 5.10 Å². The largest absolute Gasteiger partial charge is 0.493 e. The standard InChI is InChI=1S/C19H22FN3O5/c1-11-13(19(25)26)10-21-23(11)12-6-8-22(9-7-12)18(24)16-14(20)4-5-15(27-2)17(16)28-3/h4-5,10,12H,6-9H2,1-3H3,(H,25,26). The molecule has 0 spiro atoms. The fourth-order valence-electron chi connectivity index (χ4n) is 3.58. The molecule has 1 N–H and O–H groups in total. The van der Waals surface area contributed by atoms with Crippen LogP contribution in [0.15, 0.2) is 18.3 Å². The Morgan fingerprint density at radius 2 is 1.89 bits per heavy atom. The lowest BCUT2D eigenvalue weighted by Crippen LogP contribution is -2.40. The Balaban J connectivity index is 1.77. The van der Waals surface area contributed by atoms with Gasteiger partial charge in [-0.3, -0.25) is 9.48 Å². The first kappa shape index (κ1) is 19.7. The number of likely N-dealkylation sites (tertiary alicyclic amines) is 1. The van der Waals surface area contributed by atoms with Crippen molar-refractivity contribution in [3.05, 3.63) is 41.0 Å². The van der Waals surface area contributed by atoms with Gasteiger partial charge in [-0.15, -0.1) is 0 Å². The summed E-state index contributed by atoms with van der Waals surface area (Å²) >= 11 is 0. The molecule has 0 unspecified atom stereocenters. The number of ether oxygens (including phenoxy) is 2. The molecule has 0 saturated carbocycles. The molecule has 2 aromatic rings. The third kappa shape index (κ3) is 3.39. The molecule has 0 bridgehead atoms. The summed E-state index contributed by atoms with van der Waals surface area (Å²) in [6.07, 6.45) is 2.51. The number of carboxylic acids is 1. The van der Waals surface area contributed by atoms with Gasteiger partial charge in [0.25, 0.3) is 5.91 Å². The lowest BCUT2D eigenvalue weighted by Gasteiger charge is -2.33. The summed E-state index contributed by atoms with van der Waals surface area (Å²) in [5, 5.41) is 13.4. The molecule has 0 radical (unpaired) electrons. The van der Waals surface area contributed by atoms with Crippen LogP contribution in [-0.4, -0.2) is 59.0 Å². The number of carbonyl (C=O) groups excluding carboxylic acids is 1. The molecular weight excluding hydrogens is 369 g/mol. The Labute approximate surface area is 161 Å². The van der Waals surface area contributed by atoms with Crippen LogP contribution in [0.5, 0.6) is 11.5 Å². The summed E-state index contributed by atoms with van der Waals surface area (Å²) in [4.78, 5) is 25.7. The van der Waals surface area contributed by atoms with Crippen LogP contribution in [0.2, 0.25) is 0 Å². The van der Waals surface area contributed by atoms with Gasteiger partial charge in [0, 0.05) is 13.1 Å². The van der Waals surface area contributed by atoms with E-state index in [1.54, 1.807) is 16.5 Å². The van der Waals surface area contributed by atoms with E-state index in [4.69, 9.17) is 9.47 Å². The smallest absolute Gasteiger partial charge is 0.339 e. The number of halogens is 1. The van der Waals surface area contributed by atoms with Crippen LogP contribution in [0.1, 0.15) is 45.3 Å². The summed E-state index contributed by atoms with van der Waals surface area (Å²) in [5.74, 6) is -1.79. The third-order valence-electron chi connectivity index (χ3n) is 5.08. The van der Waals surface area contributed by atoms with Gasteiger partial charge in [-0.1, -0.05) is 0 Å². The number of aromatic nitrogens is 2. The van der Waals surface area contributed by atoms with Gasteiger partial charge in [0.15, 0.2) is 11.5 Å². The van der Waals surface area contributed by atoms with Crippen molar-refractivity contribution in [1.82, 2.24) is 14.7 Å². The van der Waals surface area contributed by atoms with Crippen molar-refractivity contribution in [2.24, 2.45) is 0 Å². The zero-order chi connectivity index (χ0) is 20.4. The molecule has 1 saturated heterocycles. The summed E-state index contributed by atoms with van der Waals surface area (Å²) in [6, 6.07) is 2.58. The van der Waals surface area contributed by atoms with Gasteiger partial charge < -0.3 is 19.5 Å². The number of hydrogen-bond donors (Lipinski definition) is 1. The molecule has 28 heavy (non-hydrogen) atoms. The van der Waals surface area contributed by atoms with Crippen LogP contribution in [0, 0.1) is 12.7 Å². The Bertz CT molecular complexity index is 903. The first-order valence-corrected chi connectivity index (χ1v) is 8.86. The Morgan fingerprint density at radius 3 is 2.43 bits per heavy atom. The first-order chi connectivity index (χ1) is 13.4. The van der Waals surface area contributed by atoms with Crippen LogP contribution >= 0.6 is 0 Å². The molecule has 0 atom stereocenters. The van der Waals surface area contributed by atoms with E-state index >= 15 is 0 Å². The number of nitrogens with zero attached hydrogens (tertiary/aromatic N) is 3. The van der Waals surface area contributed by atoms with E-state index in [1.165, 1.54) is 32.5 Å². The fraction of sp³-hybridized carbons (Fsp3) is 0.421. The van der Waals surface area contributed by atoms with Crippen LogP contribution in [0.25, 0.3) is 0 Å².